The van der Waals surface area contributed by atoms with Crippen molar-refractivity contribution in [3.8, 4) is 0 Å². The van der Waals surface area contributed by atoms with E-state index in [1.165, 1.54) is 7.11 Å². The van der Waals surface area contributed by atoms with Crippen molar-refractivity contribution in [3.63, 3.8) is 0 Å². The lowest BCUT2D eigenvalue weighted by atomic mass is 10.2. The van der Waals surface area contributed by atoms with E-state index in [9.17, 15) is 9.59 Å². The van der Waals surface area contributed by atoms with Crippen LogP contribution in [0.5, 0.6) is 0 Å². The van der Waals surface area contributed by atoms with Crippen LogP contribution in [0.3, 0.4) is 0 Å². The number of hydrogen-bond donors (Lipinski definition) is 0. The zero-order valence-electron chi connectivity index (χ0n) is 7.19. The first-order chi connectivity index (χ1) is 6.24. The third-order valence-electron chi connectivity index (χ3n) is 1.48. The molecule has 0 aliphatic heterocycles. The zero-order valence-corrected chi connectivity index (χ0v) is 7.19. The van der Waals surface area contributed by atoms with E-state index in [2.05, 4.69) is 9.72 Å². The number of nitrogens with zero attached hydrogens (tertiary/aromatic N) is 1. The summed E-state index contributed by atoms with van der Waals surface area (Å²) in [5.74, 6) is -1.41. The minimum absolute atomic E-state index is 0.00644. The molecule has 0 saturated carbocycles. The van der Waals surface area contributed by atoms with Crippen LogP contribution in [0.2, 0.25) is 0 Å². The van der Waals surface area contributed by atoms with Crippen LogP contribution in [-0.4, -0.2) is 23.8 Å². The standard InChI is InChI=1S/C9H9NO3/c1-13-9(12)8(11)6-7-4-2-3-5-10-7/h2-5H,6H2,1H3. The molecule has 68 valence electrons. The summed E-state index contributed by atoms with van der Waals surface area (Å²) in [5.41, 5.74) is 0.568. The Morgan fingerprint density at radius 2 is 2.23 bits per heavy atom. The Labute approximate surface area is 75.5 Å². The summed E-state index contributed by atoms with van der Waals surface area (Å²) in [6.07, 6.45) is 1.56. The summed E-state index contributed by atoms with van der Waals surface area (Å²) >= 11 is 0. The van der Waals surface area contributed by atoms with Crippen LogP contribution in [0.15, 0.2) is 24.4 Å². The van der Waals surface area contributed by atoms with Gasteiger partial charge in [0.2, 0.25) is 5.78 Å². The number of pyridine rings is 1. The highest BCUT2D eigenvalue weighted by Gasteiger charge is 2.14. The van der Waals surface area contributed by atoms with Gasteiger partial charge in [0.05, 0.1) is 13.5 Å². The minimum atomic E-state index is -0.828. The highest BCUT2D eigenvalue weighted by Crippen LogP contribution is 1.96. The second-order valence-corrected chi connectivity index (χ2v) is 2.41. The van der Waals surface area contributed by atoms with Gasteiger partial charge in [-0.3, -0.25) is 9.78 Å². The fraction of sp³-hybridized carbons (Fsp3) is 0.222. The van der Waals surface area contributed by atoms with Crippen molar-refractivity contribution in [1.29, 1.82) is 0 Å². The van der Waals surface area contributed by atoms with Gasteiger partial charge in [0.1, 0.15) is 0 Å². The van der Waals surface area contributed by atoms with Gasteiger partial charge < -0.3 is 4.74 Å². The summed E-state index contributed by atoms with van der Waals surface area (Å²) in [4.78, 5) is 25.7. The average molecular weight is 179 g/mol. The van der Waals surface area contributed by atoms with E-state index >= 15 is 0 Å². The first kappa shape index (κ1) is 9.38. The van der Waals surface area contributed by atoms with Gasteiger partial charge >= 0.3 is 5.97 Å². The number of carbonyl (C=O) groups is 2. The SMILES string of the molecule is COC(=O)C(=O)Cc1ccccn1. The Balaban J connectivity index is 2.60. The molecule has 13 heavy (non-hydrogen) atoms. The van der Waals surface area contributed by atoms with Crippen LogP contribution in [0.25, 0.3) is 0 Å². The lowest BCUT2D eigenvalue weighted by Gasteiger charge is -1.97. The predicted octanol–water partition coefficient (Wildman–Crippen LogP) is 0.366. The molecule has 0 amide bonds. The van der Waals surface area contributed by atoms with Crippen LogP contribution in [0.4, 0.5) is 0 Å². The predicted molar refractivity (Wildman–Crippen MR) is 45.0 cm³/mol. The fourth-order valence-corrected chi connectivity index (χ4v) is 0.853. The Kier molecular flexibility index (Phi) is 3.14. The molecule has 0 aromatic carbocycles. The van der Waals surface area contributed by atoms with E-state index in [4.69, 9.17) is 0 Å². The number of rotatable bonds is 3. The molecule has 0 atom stereocenters. The molecule has 0 aliphatic carbocycles. The Hall–Kier alpha value is -1.71. The van der Waals surface area contributed by atoms with Gasteiger partial charge in [0.15, 0.2) is 0 Å². The zero-order chi connectivity index (χ0) is 9.68. The average Bonchev–Trinajstić information content (AvgIpc) is 2.18. The van der Waals surface area contributed by atoms with Gasteiger partial charge in [-0.05, 0) is 12.1 Å². The Bertz CT molecular complexity index is 308. The van der Waals surface area contributed by atoms with Crippen molar-refractivity contribution >= 4 is 11.8 Å². The molecule has 1 aromatic rings. The summed E-state index contributed by atoms with van der Waals surface area (Å²) in [6, 6.07) is 5.18. The van der Waals surface area contributed by atoms with Crippen LogP contribution < -0.4 is 0 Å². The molecule has 1 rings (SSSR count). The quantitative estimate of drug-likeness (QED) is 0.496. The number of hydrogen-bond acceptors (Lipinski definition) is 4. The smallest absolute Gasteiger partial charge is 0.374 e. The number of ketones is 1. The largest absolute Gasteiger partial charge is 0.463 e. The van der Waals surface area contributed by atoms with Gasteiger partial charge in [-0.25, -0.2) is 4.79 Å². The van der Waals surface area contributed by atoms with E-state index in [0.29, 0.717) is 5.69 Å². The highest BCUT2D eigenvalue weighted by molar-refractivity contribution is 6.33. The lowest BCUT2D eigenvalue weighted by Crippen LogP contribution is -2.18. The third kappa shape index (κ3) is 2.66. The summed E-state index contributed by atoms with van der Waals surface area (Å²) in [6.45, 7) is 0. The maximum absolute atomic E-state index is 11.0. The molecule has 0 N–H and O–H groups in total. The van der Waals surface area contributed by atoms with Gasteiger partial charge in [-0.15, -0.1) is 0 Å². The Morgan fingerprint density at radius 1 is 1.46 bits per heavy atom. The van der Waals surface area contributed by atoms with Crippen LogP contribution in [0, 0.1) is 0 Å². The highest BCUT2D eigenvalue weighted by atomic mass is 16.5. The molecule has 0 bridgehead atoms. The maximum atomic E-state index is 11.0. The van der Waals surface area contributed by atoms with E-state index in [0.717, 1.165) is 0 Å². The van der Waals surface area contributed by atoms with E-state index in [1.807, 2.05) is 0 Å². The molecule has 0 radical (unpaired) electrons. The summed E-state index contributed by atoms with van der Waals surface area (Å²) < 4.78 is 4.27. The molecule has 4 heteroatoms. The number of carbonyl (C=O) groups excluding carboxylic acids is 2. The van der Waals surface area contributed by atoms with Gasteiger partial charge in [0.25, 0.3) is 0 Å². The van der Waals surface area contributed by atoms with Crippen molar-refractivity contribution in [3.05, 3.63) is 30.1 Å². The Morgan fingerprint density at radius 3 is 2.77 bits per heavy atom. The molecule has 0 fully saturated rings. The van der Waals surface area contributed by atoms with Crippen molar-refractivity contribution in [2.24, 2.45) is 0 Å². The van der Waals surface area contributed by atoms with Crippen molar-refractivity contribution in [2.75, 3.05) is 7.11 Å². The number of esters is 1. The second-order valence-electron chi connectivity index (χ2n) is 2.41. The van der Waals surface area contributed by atoms with Crippen LogP contribution in [0.1, 0.15) is 5.69 Å². The van der Waals surface area contributed by atoms with Gasteiger partial charge in [-0.2, -0.15) is 0 Å². The van der Waals surface area contributed by atoms with Crippen LogP contribution >= 0.6 is 0 Å². The molecule has 0 spiro atoms. The molecule has 0 saturated heterocycles. The molecule has 4 nitrogen and oxygen atoms in total. The van der Waals surface area contributed by atoms with Crippen molar-refractivity contribution in [2.45, 2.75) is 6.42 Å². The van der Waals surface area contributed by atoms with E-state index < -0.39 is 11.8 Å². The number of Topliss-reactive ketones (excluding diaryl/α,β-unsaturated/α-hetero) is 1. The second kappa shape index (κ2) is 4.35. The molecule has 0 unspecified atom stereocenters. The van der Waals surface area contributed by atoms with Crippen LogP contribution in [-0.2, 0) is 20.7 Å². The lowest BCUT2D eigenvalue weighted by molar-refractivity contribution is -0.151. The van der Waals surface area contributed by atoms with E-state index in [-0.39, 0.29) is 6.42 Å². The molecule has 0 aliphatic rings. The molecular weight excluding hydrogens is 170 g/mol. The van der Waals surface area contributed by atoms with Crippen molar-refractivity contribution < 1.29 is 14.3 Å². The number of methoxy groups -OCH3 is 1. The molecular formula is C9H9NO3. The minimum Gasteiger partial charge on any atom is -0.463 e. The summed E-state index contributed by atoms with van der Waals surface area (Å²) in [5, 5.41) is 0. The molecule has 1 heterocycles. The number of aromatic nitrogens is 1. The van der Waals surface area contributed by atoms with Gasteiger partial charge in [-0.1, -0.05) is 6.07 Å². The van der Waals surface area contributed by atoms with Crippen molar-refractivity contribution in [1.82, 2.24) is 4.98 Å². The van der Waals surface area contributed by atoms with Gasteiger partial charge in [0, 0.05) is 11.9 Å². The van der Waals surface area contributed by atoms with E-state index in [1.54, 1.807) is 24.4 Å². The number of ether oxygens (including phenoxy) is 1. The first-order valence-electron chi connectivity index (χ1n) is 3.75. The topological polar surface area (TPSA) is 56.3 Å². The maximum Gasteiger partial charge on any atom is 0.374 e. The first-order valence-corrected chi connectivity index (χ1v) is 3.75. The third-order valence-corrected chi connectivity index (χ3v) is 1.48. The molecule has 1 aromatic heterocycles. The monoisotopic (exact) mass is 179 g/mol. The normalized spacial score (nSPS) is 9.31. The fourth-order valence-electron chi connectivity index (χ4n) is 0.853. The summed E-state index contributed by atoms with van der Waals surface area (Å²) in [7, 11) is 1.18.